The van der Waals surface area contributed by atoms with Gasteiger partial charge in [0.15, 0.2) is 0 Å². The van der Waals surface area contributed by atoms with Gasteiger partial charge in [-0.3, -0.25) is 28.8 Å². The number of alkyl carbamates (subject to hydrolysis) is 1. The van der Waals surface area contributed by atoms with Crippen molar-refractivity contribution >= 4 is 47.5 Å². The van der Waals surface area contributed by atoms with Crippen molar-refractivity contribution in [1.82, 2.24) is 37.2 Å². The molecule has 0 spiro atoms. The lowest BCUT2D eigenvalue weighted by Crippen LogP contribution is -2.61. The number of rotatable bonds is 16. The predicted molar refractivity (Wildman–Crippen MR) is 260 cm³/mol. The molecule has 4 rings (SSSR count). The van der Waals surface area contributed by atoms with Crippen molar-refractivity contribution in [3.05, 3.63) is 145 Å². The van der Waals surface area contributed by atoms with Gasteiger partial charge in [-0.25, -0.2) is 9.59 Å². The van der Waals surface area contributed by atoms with Crippen LogP contribution in [0.1, 0.15) is 77.5 Å². The molecule has 0 fully saturated rings. The number of benzene rings is 3. The van der Waals surface area contributed by atoms with E-state index >= 15 is 0 Å². The van der Waals surface area contributed by atoms with Crippen molar-refractivity contribution in [2.75, 3.05) is 7.11 Å². The van der Waals surface area contributed by atoms with Crippen molar-refractivity contribution in [3.63, 3.8) is 0 Å². The Bertz CT molecular complexity index is 2240. The fourth-order valence-corrected chi connectivity index (χ4v) is 7.63. The third-order valence-corrected chi connectivity index (χ3v) is 11.3. The van der Waals surface area contributed by atoms with Crippen molar-refractivity contribution in [3.8, 4) is 0 Å². The highest BCUT2D eigenvalue weighted by Crippen LogP contribution is 2.37. The molecule has 3 aromatic carbocycles. The van der Waals surface area contributed by atoms with Crippen LogP contribution in [-0.4, -0.2) is 96.5 Å². The van der Waals surface area contributed by atoms with E-state index in [9.17, 15) is 38.4 Å². The standard InChI is InChI=1S/C52H65N7O10/c1-10-22-38-45(62)56-40(31-41(60)59-52(35-24-15-12-16-25-35,36-26-17-13-18-27-36)37-28-19-14-20-29-37)46(63)55-39(49(66)68-9)30-21-23-33(4)43(48(65)54-38)57-44(61)34(5)53-47(64)42(32(3)11-2)58-50(67)69-51(6,7)8/h10-21,23-29,32-34,38-40,42-43H,1-2,22,30-31H2,3-9H3,(H,53,64)(H,54,65)(H,55,63)(H,56,62)(H,57,61)(H,58,67)(H,59,60)/b23-21+/t32-,33-,34+,38+,39+,40+,42-,43-/m1/s1. The lowest BCUT2D eigenvalue weighted by molar-refractivity contribution is -0.145. The molecule has 8 atom stereocenters. The van der Waals surface area contributed by atoms with Gasteiger partial charge in [-0.05, 0) is 57.2 Å². The Labute approximate surface area is 403 Å². The number of ether oxygens (including phenoxy) is 2. The molecule has 0 saturated carbocycles. The zero-order valence-corrected chi connectivity index (χ0v) is 40.2. The number of nitrogens with one attached hydrogen (secondary N) is 7. The van der Waals surface area contributed by atoms with E-state index in [-0.39, 0.29) is 12.8 Å². The van der Waals surface area contributed by atoms with Gasteiger partial charge < -0.3 is 46.7 Å². The molecule has 0 saturated heterocycles. The maximum atomic E-state index is 14.6. The summed E-state index contributed by atoms with van der Waals surface area (Å²) in [5, 5.41) is 18.8. The first-order valence-corrected chi connectivity index (χ1v) is 22.7. The summed E-state index contributed by atoms with van der Waals surface area (Å²) in [4.78, 5) is 110. The monoisotopic (exact) mass is 947 g/mol. The zero-order valence-electron chi connectivity index (χ0n) is 40.2. The molecule has 7 amide bonds. The lowest BCUT2D eigenvalue weighted by Gasteiger charge is -2.37. The summed E-state index contributed by atoms with van der Waals surface area (Å²) in [6, 6.07) is 19.7. The van der Waals surface area contributed by atoms with Crippen LogP contribution < -0.4 is 37.2 Å². The van der Waals surface area contributed by atoms with Crippen LogP contribution in [0.3, 0.4) is 0 Å². The Kier molecular flexibility index (Phi) is 19.6. The normalized spacial score (nSPS) is 20.8. The highest BCUT2D eigenvalue weighted by atomic mass is 16.6. The van der Waals surface area contributed by atoms with Gasteiger partial charge in [0.25, 0.3) is 0 Å². The molecule has 0 bridgehead atoms. The average Bonchev–Trinajstić information content (AvgIpc) is 3.32. The molecule has 0 unspecified atom stereocenters. The van der Waals surface area contributed by atoms with E-state index in [1.54, 1.807) is 34.6 Å². The van der Waals surface area contributed by atoms with Gasteiger partial charge in [-0.1, -0.05) is 129 Å². The first kappa shape index (κ1) is 54.0. The third kappa shape index (κ3) is 15.0. The summed E-state index contributed by atoms with van der Waals surface area (Å²) in [6.07, 6.45) is 4.11. The molecule has 1 aliphatic rings. The molecule has 0 aromatic heterocycles. The number of methoxy groups -OCH3 is 1. The number of hydrogen-bond acceptors (Lipinski definition) is 10. The van der Waals surface area contributed by atoms with Crippen LogP contribution in [0.2, 0.25) is 0 Å². The van der Waals surface area contributed by atoms with Crippen molar-refractivity contribution in [2.45, 2.75) is 108 Å². The van der Waals surface area contributed by atoms with E-state index in [4.69, 9.17) is 9.47 Å². The maximum absolute atomic E-state index is 14.6. The molecule has 3 aromatic rings. The average molecular weight is 948 g/mol. The molecule has 7 N–H and O–H groups in total. The molecule has 1 aliphatic heterocycles. The fourth-order valence-electron chi connectivity index (χ4n) is 7.63. The topological polar surface area (TPSA) is 239 Å². The molecular formula is C52H65N7O10. The van der Waals surface area contributed by atoms with Gasteiger partial charge in [0.2, 0.25) is 35.4 Å². The Morgan fingerprint density at radius 1 is 0.754 bits per heavy atom. The van der Waals surface area contributed by atoms with Crippen LogP contribution in [0.25, 0.3) is 0 Å². The number of amides is 7. The number of carbonyl (C=O) groups excluding carboxylic acids is 8. The Hall–Kier alpha value is -7.56. The second-order valence-corrected chi connectivity index (χ2v) is 17.8. The summed E-state index contributed by atoms with van der Waals surface area (Å²) in [7, 11) is 1.14. The van der Waals surface area contributed by atoms with E-state index in [1.807, 2.05) is 91.0 Å². The minimum atomic E-state index is -1.60. The number of esters is 1. The highest BCUT2D eigenvalue weighted by Gasteiger charge is 2.40. The van der Waals surface area contributed by atoms with Crippen molar-refractivity contribution in [2.24, 2.45) is 11.8 Å². The second-order valence-electron chi connectivity index (χ2n) is 17.8. The van der Waals surface area contributed by atoms with Gasteiger partial charge >= 0.3 is 12.1 Å². The van der Waals surface area contributed by atoms with E-state index in [2.05, 4.69) is 50.4 Å². The molecule has 0 radical (unpaired) electrons. The minimum absolute atomic E-state index is 0.146. The SMILES string of the molecule is C=CC[C@@H]1NC(=O)[C@H](NC(=O)[C@H](C)NC(=O)[C@H](NC(=O)OC(C)(C)C)[C@H](C)C=C)[C@H](C)/C=C/C[C@@H](C(=O)OC)NC(=O)[C@H](CC(=O)NC(c2ccccc2)(c2ccccc2)c2ccccc2)NC1=O. The maximum Gasteiger partial charge on any atom is 0.408 e. The van der Waals surface area contributed by atoms with E-state index in [0.717, 1.165) is 7.11 Å². The second kappa shape index (κ2) is 25.0. The third-order valence-electron chi connectivity index (χ3n) is 11.3. The molecule has 17 heteroatoms. The smallest absolute Gasteiger partial charge is 0.408 e. The summed E-state index contributed by atoms with van der Waals surface area (Å²) in [5.41, 5.74) is -0.0174. The van der Waals surface area contributed by atoms with Gasteiger partial charge in [-0.15, -0.1) is 13.2 Å². The predicted octanol–water partition coefficient (Wildman–Crippen LogP) is 3.99. The lowest BCUT2D eigenvalue weighted by atomic mass is 9.77. The van der Waals surface area contributed by atoms with Crippen molar-refractivity contribution < 1.29 is 47.8 Å². The molecule has 368 valence electrons. The number of hydrogen-bond donors (Lipinski definition) is 7. The van der Waals surface area contributed by atoms with Gasteiger partial charge in [0, 0.05) is 11.8 Å². The van der Waals surface area contributed by atoms with E-state index in [1.165, 1.54) is 31.2 Å². The van der Waals surface area contributed by atoms with E-state index < -0.39 is 113 Å². The molecule has 17 nitrogen and oxygen atoms in total. The van der Waals surface area contributed by atoms with Gasteiger partial charge in [0.05, 0.1) is 13.5 Å². The number of carbonyl (C=O) groups is 8. The first-order valence-electron chi connectivity index (χ1n) is 22.7. The van der Waals surface area contributed by atoms with Crippen LogP contribution in [0.4, 0.5) is 4.79 Å². The Balaban J connectivity index is 1.66. The van der Waals surface area contributed by atoms with Crippen LogP contribution in [0.15, 0.2) is 128 Å². The Morgan fingerprint density at radius 3 is 1.77 bits per heavy atom. The minimum Gasteiger partial charge on any atom is -0.467 e. The van der Waals surface area contributed by atoms with Crippen LogP contribution in [-0.2, 0) is 48.6 Å². The quantitative estimate of drug-likeness (QED) is 0.0619. The summed E-state index contributed by atoms with van der Waals surface area (Å²) >= 11 is 0. The van der Waals surface area contributed by atoms with Gasteiger partial charge in [-0.2, -0.15) is 0 Å². The zero-order chi connectivity index (χ0) is 50.9. The summed E-state index contributed by atoms with van der Waals surface area (Å²) in [6.45, 7) is 17.1. The summed E-state index contributed by atoms with van der Waals surface area (Å²) < 4.78 is 10.3. The Morgan fingerprint density at radius 2 is 1.28 bits per heavy atom. The highest BCUT2D eigenvalue weighted by molar-refractivity contribution is 5.98. The first-order chi connectivity index (χ1) is 32.7. The summed E-state index contributed by atoms with van der Waals surface area (Å²) in [5.74, 6) is -6.98. The molecule has 0 aliphatic carbocycles. The molecule has 1 heterocycles. The van der Waals surface area contributed by atoms with Crippen LogP contribution in [0, 0.1) is 11.8 Å². The van der Waals surface area contributed by atoms with Gasteiger partial charge in [0.1, 0.15) is 47.4 Å². The molecule has 69 heavy (non-hydrogen) atoms. The largest absolute Gasteiger partial charge is 0.467 e. The van der Waals surface area contributed by atoms with Crippen molar-refractivity contribution in [1.29, 1.82) is 0 Å². The molecular weight excluding hydrogens is 883 g/mol. The van der Waals surface area contributed by atoms with Crippen LogP contribution in [0.5, 0.6) is 0 Å². The van der Waals surface area contributed by atoms with E-state index in [0.29, 0.717) is 16.7 Å². The fraction of sp³-hybridized carbons (Fsp3) is 0.385. The van der Waals surface area contributed by atoms with Crippen LogP contribution >= 0.6 is 0 Å².